The first kappa shape index (κ1) is 13.2. The van der Waals surface area contributed by atoms with Gasteiger partial charge >= 0.3 is 0 Å². The normalized spacial score (nSPS) is 20.2. The molecule has 0 atom stereocenters. The molecule has 0 bridgehead atoms. The highest BCUT2D eigenvalue weighted by Crippen LogP contribution is 2.29. The fourth-order valence-corrected chi connectivity index (χ4v) is 4.35. The molecule has 0 aliphatic heterocycles. The molecule has 1 N–H and O–H groups in total. The zero-order chi connectivity index (χ0) is 13.1. The second-order valence-corrected chi connectivity index (χ2v) is 7.00. The molecule has 1 saturated carbocycles. The Labute approximate surface area is 118 Å². The molecule has 0 radical (unpaired) electrons. The first-order valence-electron chi connectivity index (χ1n) is 7.55. The maximum Gasteiger partial charge on any atom is 0.254 e. The zero-order valence-corrected chi connectivity index (χ0v) is 12.2. The molecule has 19 heavy (non-hydrogen) atoms. The van der Waals surface area contributed by atoms with Gasteiger partial charge in [0.2, 0.25) is 0 Å². The molecule has 1 fully saturated rings. The Morgan fingerprint density at radius 2 is 1.89 bits per heavy atom. The minimum Gasteiger partial charge on any atom is -0.310 e. The molecule has 1 aromatic rings. The van der Waals surface area contributed by atoms with Crippen LogP contribution in [0.1, 0.15) is 62.0 Å². The third-order valence-electron chi connectivity index (χ3n) is 4.25. The predicted molar refractivity (Wildman–Crippen MR) is 79.7 cm³/mol. The first-order chi connectivity index (χ1) is 9.33. The molecule has 1 heterocycles. The molecule has 0 amide bonds. The molecular weight excluding hydrogens is 256 g/mol. The van der Waals surface area contributed by atoms with Crippen molar-refractivity contribution < 1.29 is 0 Å². The van der Waals surface area contributed by atoms with Crippen LogP contribution >= 0.6 is 11.8 Å². The van der Waals surface area contributed by atoms with Crippen LogP contribution in [0.25, 0.3) is 0 Å². The Bertz CT molecular complexity index is 491. The van der Waals surface area contributed by atoms with Crippen molar-refractivity contribution in [1.82, 2.24) is 9.97 Å². The van der Waals surface area contributed by atoms with Gasteiger partial charge in [-0.05, 0) is 38.5 Å². The lowest BCUT2D eigenvalue weighted by atomic mass is 9.97. The summed E-state index contributed by atoms with van der Waals surface area (Å²) in [7, 11) is 0. The van der Waals surface area contributed by atoms with Crippen LogP contribution < -0.4 is 5.56 Å². The Hall–Kier alpha value is -0.770. The number of hydrogen-bond acceptors (Lipinski definition) is 3. The van der Waals surface area contributed by atoms with Crippen molar-refractivity contribution in [3.63, 3.8) is 0 Å². The summed E-state index contributed by atoms with van der Waals surface area (Å²) in [5.41, 5.74) is 2.12. The van der Waals surface area contributed by atoms with Gasteiger partial charge in [0.25, 0.3) is 5.56 Å². The van der Waals surface area contributed by atoms with Crippen LogP contribution in [0.5, 0.6) is 0 Å². The fourth-order valence-electron chi connectivity index (χ4n) is 3.15. The molecule has 2 aliphatic rings. The number of thioether (sulfide) groups is 1. The summed E-state index contributed by atoms with van der Waals surface area (Å²) in [6.07, 6.45) is 11.0. The molecule has 104 valence electrons. The number of nitrogens with one attached hydrogen (secondary N) is 1. The van der Waals surface area contributed by atoms with E-state index in [9.17, 15) is 4.79 Å². The van der Waals surface area contributed by atoms with Gasteiger partial charge in [-0.2, -0.15) is 11.8 Å². The summed E-state index contributed by atoms with van der Waals surface area (Å²) >= 11 is 1.98. The quantitative estimate of drug-likeness (QED) is 0.923. The smallest absolute Gasteiger partial charge is 0.254 e. The third-order valence-corrected chi connectivity index (χ3v) is 5.63. The zero-order valence-electron chi connectivity index (χ0n) is 11.4. The molecule has 0 unspecified atom stereocenters. The van der Waals surface area contributed by atoms with Gasteiger partial charge in [0.15, 0.2) is 0 Å². The summed E-state index contributed by atoms with van der Waals surface area (Å²) in [4.78, 5) is 19.7. The van der Waals surface area contributed by atoms with E-state index in [1.165, 1.54) is 38.5 Å². The van der Waals surface area contributed by atoms with E-state index in [1.807, 2.05) is 11.8 Å². The Morgan fingerprint density at radius 1 is 1.11 bits per heavy atom. The Balaban J connectivity index is 1.67. The minimum absolute atomic E-state index is 0.115. The molecule has 3 nitrogen and oxygen atoms in total. The molecule has 0 spiro atoms. The van der Waals surface area contributed by atoms with Crippen LogP contribution in [-0.2, 0) is 18.6 Å². The number of aromatic amines is 1. The Kier molecular flexibility index (Phi) is 4.26. The van der Waals surface area contributed by atoms with Crippen molar-refractivity contribution in [3.05, 3.63) is 27.4 Å². The van der Waals surface area contributed by atoms with E-state index in [-0.39, 0.29) is 5.56 Å². The van der Waals surface area contributed by atoms with E-state index in [4.69, 9.17) is 0 Å². The van der Waals surface area contributed by atoms with Crippen molar-refractivity contribution in [1.29, 1.82) is 0 Å². The molecule has 3 rings (SSSR count). The SMILES string of the molecule is O=c1[nH]c(CSC2CCCCC2)nc2c1CCCC2. The van der Waals surface area contributed by atoms with E-state index in [1.54, 1.807) is 0 Å². The lowest BCUT2D eigenvalue weighted by molar-refractivity contribution is 0.516. The molecule has 2 aliphatic carbocycles. The largest absolute Gasteiger partial charge is 0.310 e. The van der Waals surface area contributed by atoms with Gasteiger partial charge in [-0.25, -0.2) is 4.98 Å². The fraction of sp³-hybridized carbons (Fsp3) is 0.733. The maximum atomic E-state index is 12.0. The van der Waals surface area contributed by atoms with Gasteiger partial charge in [-0.3, -0.25) is 4.79 Å². The van der Waals surface area contributed by atoms with E-state index >= 15 is 0 Å². The van der Waals surface area contributed by atoms with Gasteiger partial charge in [0.1, 0.15) is 5.82 Å². The second-order valence-electron chi connectivity index (χ2n) is 5.72. The molecule has 4 heteroatoms. The summed E-state index contributed by atoms with van der Waals surface area (Å²) < 4.78 is 0. The lowest BCUT2D eigenvalue weighted by Crippen LogP contribution is -2.23. The highest BCUT2D eigenvalue weighted by atomic mass is 32.2. The minimum atomic E-state index is 0.115. The van der Waals surface area contributed by atoms with Crippen LogP contribution in [0.3, 0.4) is 0 Å². The van der Waals surface area contributed by atoms with Crippen molar-refractivity contribution in [2.24, 2.45) is 0 Å². The summed E-state index contributed by atoms with van der Waals surface area (Å²) in [6.45, 7) is 0. The summed E-state index contributed by atoms with van der Waals surface area (Å²) in [5.74, 6) is 1.76. The second kappa shape index (κ2) is 6.12. The number of hydrogen-bond donors (Lipinski definition) is 1. The monoisotopic (exact) mass is 278 g/mol. The van der Waals surface area contributed by atoms with E-state index in [0.29, 0.717) is 0 Å². The first-order valence-corrected chi connectivity index (χ1v) is 8.60. The highest BCUT2D eigenvalue weighted by molar-refractivity contribution is 7.99. The van der Waals surface area contributed by atoms with E-state index in [2.05, 4.69) is 9.97 Å². The number of H-pyrrole nitrogens is 1. The molecule has 0 aromatic carbocycles. The van der Waals surface area contributed by atoms with Gasteiger partial charge in [-0.15, -0.1) is 0 Å². The number of nitrogens with zero attached hydrogens (tertiary/aromatic N) is 1. The van der Waals surface area contributed by atoms with Crippen molar-refractivity contribution in [3.8, 4) is 0 Å². The average molecular weight is 278 g/mol. The summed E-state index contributed by atoms with van der Waals surface area (Å²) in [6, 6.07) is 0. The number of aryl methyl sites for hydroxylation is 1. The third kappa shape index (κ3) is 3.22. The van der Waals surface area contributed by atoms with Crippen LogP contribution in [0.4, 0.5) is 0 Å². The molecular formula is C15H22N2OS. The predicted octanol–water partition coefficient (Wildman–Crippen LogP) is 3.21. The van der Waals surface area contributed by atoms with E-state index in [0.717, 1.165) is 47.3 Å². The van der Waals surface area contributed by atoms with Crippen molar-refractivity contribution >= 4 is 11.8 Å². The summed E-state index contributed by atoms with van der Waals surface area (Å²) in [5, 5.41) is 0.773. The number of aromatic nitrogens is 2. The molecule has 0 saturated heterocycles. The van der Waals surface area contributed by atoms with Gasteiger partial charge < -0.3 is 4.98 Å². The number of rotatable bonds is 3. The van der Waals surface area contributed by atoms with Gasteiger partial charge in [0, 0.05) is 10.8 Å². The van der Waals surface area contributed by atoms with E-state index < -0.39 is 0 Å². The van der Waals surface area contributed by atoms with Crippen LogP contribution in [0, 0.1) is 0 Å². The van der Waals surface area contributed by atoms with Gasteiger partial charge in [-0.1, -0.05) is 19.3 Å². The standard InChI is InChI=1S/C15H22N2OS/c18-15-12-8-4-5-9-13(12)16-14(17-15)10-19-11-6-2-1-3-7-11/h11H,1-10H2,(H,16,17,18). The van der Waals surface area contributed by atoms with Crippen molar-refractivity contribution in [2.45, 2.75) is 68.8 Å². The average Bonchev–Trinajstić information content (AvgIpc) is 2.46. The number of fused-ring (bicyclic) bond motifs is 1. The highest BCUT2D eigenvalue weighted by Gasteiger charge is 2.17. The van der Waals surface area contributed by atoms with Crippen LogP contribution in [0.15, 0.2) is 4.79 Å². The lowest BCUT2D eigenvalue weighted by Gasteiger charge is -2.21. The van der Waals surface area contributed by atoms with Crippen LogP contribution in [0.2, 0.25) is 0 Å². The van der Waals surface area contributed by atoms with Gasteiger partial charge in [0.05, 0.1) is 11.4 Å². The topological polar surface area (TPSA) is 45.8 Å². The van der Waals surface area contributed by atoms with Crippen molar-refractivity contribution in [2.75, 3.05) is 0 Å². The van der Waals surface area contributed by atoms with Crippen LogP contribution in [-0.4, -0.2) is 15.2 Å². The molecule has 1 aromatic heterocycles. The Morgan fingerprint density at radius 3 is 2.74 bits per heavy atom. The maximum absolute atomic E-state index is 12.0.